The highest BCUT2D eigenvalue weighted by molar-refractivity contribution is 7.13. The molecule has 7 rings (SSSR count). The van der Waals surface area contributed by atoms with Crippen LogP contribution in [0.15, 0.2) is 84.5 Å². The largest absolute Gasteiger partial charge is 0.299 e. The number of fused-ring (bicyclic) bond motifs is 1. The van der Waals surface area contributed by atoms with Gasteiger partial charge in [-0.25, -0.2) is 15.0 Å². The van der Waals surface area contributed by atoms with Crippen LogP contribution in [0.5, 0.6) is 0 Å². The van der Waals surface area contributed by atoms with Gasteiger partial charge in [0.05, 0.1) is 23.0 Å². The minimum absolute atomic E-state index is 0.396. The molecular formula is C31H26N8S. The first-order valence-electron chi connectivity index (χ1n) is 13.4. The van der Waals surface area contributed by atoms with E-state index in [-0.39, 0.29) is 0 Å². The highest BCUT2D eigenvalue weighted by Gasteiger charge is 2.24. The molecular weight excluding hydrogens is 516 g/mol. The number of nitrogens with one attached hydrogen (secondary N) is 1. The number of nitrogens with zero attached hydrogens (tertiary/aromatic N) is 7. The maximum absolute atomic E-state index is 9.38. The molecule has 0 aliphatic carbocycles. The van der Waals surface area contributed by atoms with Gasteiger partial charge < -0.3 is 0 Å². The van der Waals surface area contributed by atoms with E-state index < -0.39 is 0 Å². The standard InChI is InChI=1S/C31H26N8S/c32-19-22-10-16-39-26(18-22)34-27(28(39)24-4-2-1-3-5-24)23-8-6-21(7-9-23)20-38-14-11-25(12-15-38)29-35-30(37-36-29)31-33-13-17-40-31/h1-10,13,16-18,25H,11-12,14-15,20H2,(H,35,36,37). The lowest BCUT2D eigenvalue weighted by molar-refractivity contribution is 0.202. The molecule has 6 aromatic rings. The van der Waals surface area contributed by atoms with Gasteiger partial charge in [0.15, 0.2) is 5.01 Å². The van der Waals surface area contributed by atoms with Crippen LogP contribution in [-0.2, 0) is 6.54 Å². The monoisotopic (exact) mass is 542 g/mol. The molecule has 8 nitrogen and oxygen atoms in total. The molecule has 9 heteroatoms. The summed E-state index contributed by atoms with van der Waals surface area (Å²) in [7, 11) is 0. The van der Waals surface area contributed by atoms with Gasteiger partial charge in [0.25, 0.3) is 0 Å². The van der Waals surface area contributed by atoms with Crippen molar-refractivity contribution in [3.63, 3.8) is 0 Å². The lowest BCUT2D eigenvalue weighted by atomic mass is 9.95. The molecule has 0 bridgehead atoms. The van der Waals surface area contributed by atoms with Crippen molar-refractivity contribution < 1.29 is 0 Å². The second-order valence-corrected chi connectivity index (χ2v) is 11.0. The van der Waals surface area contributed by atoms with Crippen LogP contribution in [0.2, 0.25) is 0 Å². The van der Waals surface area contributed by atoms with Gasteiger partial charge in [0, 0.05) is 41.4 Å². The highest BCUT2D eigenvalue weighted by atomic mass is 32.1. The molecule has 0 radical (unpaired) electrons. The zero-order valence-corrected chi connectivity index (χ0v) is 22.6. The van der Waals surface area contributed by atoms with Crippen LogP contribution in [-0.4, -0.2) is 47.5 Å². The maximum atomic E-state index is 9.38. The Morgan fingerprint density at radius 3 is 2.55 bits per heavy atom. The van der Waals surface area contributed by atoms with E-state index in [2.05, 4.69) is 66.9 Å². The minimum Gasteiger partial charge on any atom is -0.299 e. The Morgan fingerprint density at radius 2 is 1.80 bits per heavy atom. The number of piperidine rings is 1. The number of H-pyrrole nitrogens is 1. The van der Waals surface area contributed by atoms with Gasteiger partial charge in [0.1, 0.15) is 11.5 Å². The summed E-state index contributed by atoms with van der Waals surface area (Å²) in [6.07, 6.45) is 5.82. The summed E-state index contributed by atoms with van der Waals surface area (Å²) in [5, 5.41) is 19.7. The van der Waals surface area contributed by atoms with Crippen molar-refractivity contribution in [2.45, 2.75) is 25.3 Å². The summed E-state index contributed by atoms with van der Waals surface area (Å²) < 4.78 is 2.07. The Labute approximate surface area is 235 Å². The van der Waals surface area contributed by atoms with Gasteiger partial charge in [-0.05, 0) is 43.6 Å². The smallest absolute Gasteiger partial charge is 0.210 e. The molecule has 0 amide bonds. The number of nitriles is 1. The molecule has 1 aliphatic rings. The molecule has 0 unspecified atom stereocenters. The van der Waals surface area contributed by atoms with Gasteiger partial charge in [-0.2, -0.15) is 10.4 Å². The molecule has 1 saturated heterocycles. The Bertz CT molecular complexity index is 1790. The fraction of sp³-hybridized carbons (Fsp3) is 0.194. The van der Waals surface area contributed by atoms with E-state index in [4.69, 9.17) is 9.97 Å². The summed E-state index contributed by atoms with van der Waals surface area (Å²) in [5.41, 5.74) is 6.75. The second-order valence-electron chi connectivity index (χ2n) is 10.1. The average Bonchev–Trinajstić information content (AvgIpc) is 3.78. The Morgan fingerprint density at radius 1 is 0.975 bits per heavy atom. The van der Waals surface area contributed by atoms with Crippen LogP contribution < -0.4 is 0 Å². The van der Waals surface area contributed by atoms with E-state index in [1.54, 1.807) is 17.5 Å². The number of benzene rings is 2. The number of likely N-dealkylation sites (tertiary alicyclic amines) is 1. The molecule has 4 aromatic heterocycles. The third kappa shape index (κ3) is 4.68. The molecule has 0 spiro atoms. The Hall–Kier alpha value is -4.65. The van der Waals surface area contributed by atoms with Gasteiger partial charge in [-0.3, -0.25) is 14.4 Å². The SMILES string of the molecule is N#Cc1ccn2c(-c3ccccc3)c(-c3ccc(CN4CCC(c5nc(-c6nccs6)n[nH]5)CC4)cc3)nc2c1. The van der Waals surface area contributed by atoms with Gasteiger partial charge in [-0.1, -0.05) is 54.6 Å². The van der Waals surface area contributed by atoms with Crippen molar-refractivity contribution in [2.75, 3.05) is 13.1 Å². The summed E-state index contributed by atoms with van der Waals surface area (Å²) in [6, 6.07) is 24.9. The van der Waals surface area contributed by atoms with Crippen LogP contribution >= 0.6 is 11.3 Å². The van der Waals surface area contributed by atoms with Crippen molar-refractivity contribution in [3.05, 3.63) is 101 Å². The number of hydrogen-bond acceptors (Lipinski definition) is 7. The lowest BCUT2D eigenvalue weighted by Gasteiger charge is -2.30. The number of rotatable bonds is 6. The van der Waals surface area contributed by atoms with Gasteiger partial charge in [-0.15, -0.1) is 11.3 Å². The first-order valence-corrected chi connectivity index (χ1v) is 14.2. The predicted molar refractivity (Wildman–Crippen MR) is 156 cm³/mol. The number of imidazole rings is 1. The summed E-state index contributed by atoms with van der Waals surface area (Å²) in [5.74, 6) is 2.06. The van der Waals surface area contributed by atoms with Crippen LogP contribution in [0.4, 0.5) is 0 Å². The van der Waals surface area contributed by atoms with Gasteiger partial charge in [0.2, 0.25) is 5.82 Å². The summed E-state index contributed by atoms with van der Waals surface area (Å²) in [4.78, 5) is 16.5. The van der Waals surface area contributed by atoms with Crippen LogP contribution in [0, 0.1) is 11.3 Å². The first kappa shape index (κ1) is 24.4. The topological polar surface area (TPSA) is 98.8 Å². The summed E-state index contributed by atoms with van der Waals surface area (Å²) in [6.45, 7) is 2.95. The Balaban J connectivity index is 1.07. The van der Waals surface area contributed by atoms with Gasteiger partial charge >= 0.3 is 0 Å². The zero-order valence-electron chi connectivity index (χ0n) is 21.7. The van der Waals surface area contributed by atoms with Crippen LogP contribution in [0.1, 0.15) is 35.7 Å². The fourth-order valence-corrected chi connectivity index (χ4v) is 6.03. The van der Waals surface area contributed by atoms with E-state index >= 15 is 0 Å². The molecule has 0 atom stereocenters. The first-order chi connectivity index (χ1) is 19.7. The van der Waals surface area contributed by atoms with Crippen molar-refractivity contribution in [2.24, 2.45) is 0 Å². The number of aromatic nitrogens is 6. The average molecular weight is 543 g/mol. The number of aromatic amines is 1. The lowest BCUT2D eigenvalue weighted by Crippen LogP contribution is -2.32. The van der Waals surface area contributed by atoms with Crippen LogP contribution in [0.3, 0.4) is 0 Å². The van der Waals surface area contributed by atoms with E-state index in [9.17, 15) is 5.26 Å². The van der Waals surface area contributed by atoms with Crippen molar-refractivity contribution >= 4 is 17.0 Å². The molecule has 1 aliphatic heterocycles. The predicted octanol–water partition coefficient (Wildman–Crippen LogP) is 6.16. The minimum atomic E-state index is 0.396. The molecule has 5 heterocycles. The molecule has 0 saturated carbocycles. The van der Waals surface area contributed by atoms with Crippen molar-refractivity contribution in [1.82, 2.24) is 34.4 Å². The van der Waals surface area contributed by atoms with E-state index in [1.807, 2.05) is 41.9 Å². The molecule has 196 valence electrons. The third-order valence-corrected chi connectivity index (χ3v) is 8.31. The maximum Gasteiger partial charge on any atom is 0.210 e. The van der Waals surface area contributed by atoms with Crippen molar-refractivity contribution in [1.29, 1.82) is 5.26 Å². The van der Waals surface area contributed by atoms with Crippen molar-refractivity contribution in [3.8, 4) is 39.4 Å². The van der Waals surface area contributed by atoms with E-state index in [0.29, 0.717) is 17.3 Å². The highest BCUT2D eigenvalue weighted by Crippen LogP contribution is 2.34. The quantitative estimate of drug-likeness (QED) is 0.271. The Kier molecular flexibility index (Phi) is 6.40. The van der Waals surface area contributed by atoms with E-state index in [0.717, 1.165) is 71.5 Å². The number of thiazole rings is 1. The molecule has 1 fully saturated rings. The molecule has 1 N–H and O–H groups in total. The number of pyridine rings is 1. The fourth-order valence-electron chi connectivity index (χ4n) is 5.46. The second kappa shape index (κ2) is 10.5. The zero-order chi connectivity index (χ0) is 26.9. The van der Waals surface area contributed by atoms with E-state index in [1.165, 1.54) is 5.56 Å². The molecule has 40 heavy (non-hydrogen) atoms. The summed E-state index contributed by atoms with van der Waals surface area (Å²) >= 11 is 1.56. The molecule has 2 aromatic carbocycles. The van der Waals surface area contributed by atoms with Crippen LogP contribution in [0.25, 0.3) is 39.0 Å². The number of hydrogen-bond donors (Lipinski definition) is 1. The third-order valence-electron chi connectivity index (χ3n) is 7.54. The normalized spacial score (nSPS) is 14.5.